The van der Waals surface area contributed by atoms with Crippen molar-refractivity contribution in [1.82, 2.24) is 10.3 Å². The monoisotopic (exact) mass is 164 g/mol. The SMILES string of the molecule is CNCc1ccc(C(C)C)nc1. The van der Waals surface area contributed by atoms with Gasteiger partial charge in [0.05, 0.1) is 0 Å². The average molecular weight is 164 g/mol. The van der Waals surface area contributed by atoms with E-state index in [-0.39, 0.29) is 0 Å². The molecule has 1 aromatic heterocycles. The Morgan fingerprint density at radius 1 is 1.42 bits per heavy atom. The molecule has 2 nitrogen and oxygen atoms in total. The Labute approximate surface area is 74.0 Å². The molecule has 0 aromatic carbocycles. The molecule has 0 saturated carbocycles. The van der Waals surface area contributed by atoms with E-state index >= 15 is 0 Å². The van der Waals surface area contributed by atoms with Gasteiger partial charge in [0.1, 0.15) is 0 Å². The number of pyridine rings is 1. The first-order valence-corrected chi connectivity index (χ1v) is 4.33. The highest BCUT2D eigenvalue weighted by Gasteiger charge is 1.99. The van der Waals surface area contributed by atoms with Crippen molar-refractivity contribution < 1.29 is 0 Å². The van der Waals surface area contributed by atoms with Gasteiger partial charge < -0.3 is 5.32 Å². The van der Waals surface area contributed by atoms with Gasteiger partial charge in [-0.25, -0.2) is 0 Å². The van der Waals surface area contributed by atoms with Gasteiger partial charge in [-0.1, -0.05) is 19.9 Å². The Bertz CT molecular complexity index is 226. The van der Waals surface area contributed by atoms with Gasteiger partial charge in [0.15, 0.2) is 0 Å². The van der Waals surface area contributed by atoms with Crippen LogP contribution in [0.5, 0.6) is 0 Å². The smallest absolute Gasteiger partial charge is 0.0429 e. The molecule has 0 radical (unpaired) electrons. The zero-order chi connectivity index (χ0) is 8.97. The molecule has 1 N–H and O–H groups in total. The van der Waals surface area contributed by atoms with E-state index in [1.54, 1.807) is 0 Å². The van der Waals surface area contributed by atoms with Crippen LogP contribution in [0.2, 0.25) is 0 Å². The summed E-state index contributed by atoms with van der Waals surface area (Å²) in [5.41, 5.74) is 2.40. The zero-order valence-electron chi connectivity index (χ0n) is 7.96. The first-order chi connectivity index (χ1) is 5.74. The molecule has 0 saturated heterocycles. The summed E-state index contributed by atoms with van der Waals surface area (Å²) < 4.78 is 0. The molecule has 0 fully saturated rings. The molecule has 0 spiro atoms. The molecule has 66 valence electrons. The van der Waals surface area contributed by atoms with E-state index in [0.717, 1.165) is 12.2 Å². The summed E-state index contributed by atoms with van der Waals surface area (Å²) in [6.07, 6.45) is 1.94. The maximum Gasteiger partial charge on any atom is 0.0429 e. The van der Waals surface area contributed by atoms with Crippen LogP contribution in [0, 0.1) is 0 Å². The number of nitrogens with one attached hydrogen (secondary N) is 1. The van der Waals surface area contributed by atoms with Crippen LogP contribution in [-0.2, 0) is 6.54 Å². The van der Waals surface area contributed by atoms with E-state index in [9.17, 15) is 0 Å². The first kappa shape index (κ1) is 9.20. The molecule has 1 rings (SSSR count). The number of hydrogen-bond donors (Lipinski definition) is 1. The maximum absolute atomic E-state index is 4.36. The summed E-state index contributed by atoms with van der Waals surface area (Å²) in [4.78, 5) is 4.36. The predicted octanol–water partition coefficient (Wildman–Crippen LogP) is 1.92. The number of nitrogens with zero attached hydrogens (tertiary/aromatic N) is 1. The van der Waals surface area contributed by atoms with Crippen molar-refractivity contribution >= 4 is 0 Å². The summed E-state index contributed by atoms with van der Waals surface area (Å²) in [5.74, 6) is 0.522. The van der Waals surface area contributed by atoms with Crippen molar-refractivity contribution in [3.8, 4) is 0 Å². The molecule has 0 bridgehead atoms. The van der Waals surface area contributed by atoms with Gasteiger partial charge in [-0.2, -0.15) is 0 Å². The summed E-state index contributed by atoms with van der Waals surface area (Å²) in [5, 5.41) is 3.09. The van der Waals surface area contributed by atoms with Crippen LogP contribution in [0.15, 0.2) is 18.3 Å². The molecule has 0 aliphatic carbocycles. The molecular formula is C10H16N2. The fraction of sp³-hybridized carbons (Fsp3) is 0.500. The van der Waals surface area contributed by atoms with Gasteiger partial charge in [-0.15, -0.1) is 0 Å². The maximum atomic E-state index is 4.36. The van der Waals surface area contributed by atoms with Crippen molar-refractivity contribution in [3.05, 3.63) is 29.6 Å². The standard InChI is InChI=1S/C10H16N2/c1-8(2)10-5-4-9(6-11-3)7-12-10/h4-5,7-8,11H,6H2,1-3H3. The van der Waals surface area contributed by atoms with Crippen molar-refractivity contribution in [1.29, 1.82) is 0 Å². The highest BCUT2D eigenvalue weighted by atomic mass is 14.8. The van der Waals surface area contributed by atoms with Crippen molar-refractivity contribution in [2.24, 2.45) is 0 Å². The van der Waals surface area contributed by atoms with E-state index in [1.807, 2.05) is 13.2 Å². The number of aromatic nitrogens is 1. The molecule has 0 aliphatic rings. The van der Waals surface area contributed by atoms with Gasteiger partial charge in [0, 0.05) is 18.4 Å². The molecule has 0 unspecified atom stereocenters. The minimum absolute atomic E-state index is 0.522. The Balaban J connectivity index is 2.71. The largest absolute Gasteiger partial charge is 0.316 e. The van der Waals surface area contributed by atoms with Crippen LogP contribution in [-0.4, -0.2) is 12.0 Å². The summed E-state index contributed by atoms with van der Waals surface area (Å²) in [6.45, 7) is 5.20. The quantitative estimate of drug-likeness (QED) is 0.738. The Kier molecular flexibility index (Phi) is 3.23. The lowest BCUT2D eigenvalue weighted by Crippen LogP contribution is -2.05. The molecular weight excluding hydrogens is 148 g/mol. The third-order valence-corrected chi connectivity index (χ3v) is 1.82. The van der Waals surface area contributed by atoms with Crippen LogP contribution >= 0.6 is 0 Å². The van der Waals surface area contributed by atoms with E-state index < -0.39 is 0 Å². The second-order valence-corrected chi connectivity index (χ2v) is 3.28. The number of hydrogen-bond acceptors (Lipinski definition) is 2. The van der Waals surface area contributed by atoms with Gasteiger partial charge in [-0.05, 0) is 24.6 Å². The van der Waals surface area contributed by atoms with Crippen LogP contribution < -0.4 is 5.32 Å². The van der Waals surface area contributed by atoms with Crippen LogP contribution in [0.25, 0.3) is 0 Å². The highest BCUT2D eigenvalue weighted by Crippen LogP contribution is 2.10. The van der Waals surface area contributed by atoms with Crippen LogP contribution in [0.3, 0.4) is 0 Å². The topological polar surface area (TPSA) is 24.9 Å². The first-order valence-electron chi connectivity index (χ1n) is 4.33. The molecule has 0 amide bonds. The second-order valence-electron chi connectivity index (χ2n) is 3.28. The number of rotatable bonds is 3. The Morgan fingerprint density at radius 2 is 2.17 bits per heavy atom. The average Bonchev–Trinajstić information content (AvgIpc) is 2.06. The van der Waals surface area contributed by atoms with Crippen LogP contribution in [0.4, 0.5) is 0 Å². The summed E-state index contributed by atoms with van der Waals surface area (Å²) in [7, 11) is 1.94. The van der Waals surface area contributed by atoms with Gasteiger partial charge >= 0.3 is 0 Å². The molecule has 12 heavy (non-hydrogen) atoms. The van der Waals surface area contributed by atoms with Crippen molar-refractivity contribution in [3.63, 3.8) is 0 Å². The summed E-state index contributed by atoms with van der Waals surface area (Å²) >= 11 is 0. The van der Waals surface area contributed by atoms with Crippen molar-refractivity contribution in [2.75, 3.05) is 7.05 Å². The minimum Gasteiger partial charge on any atom is -0.316 e. The molecule has 0 aliphatic heterocycles. The lowest BCUT2D eigenvalue weighted by molar-refractivity contribution is 0.791. The molecule has 2 heteroatoms. The highest BCUT2D eigenvalue weighted by molar-refractivity contribution is 5.15. The van der Waals surface area contributed by atoms with Gasteiger partial charge in [-0.3, -0.25) is 4.98 Å². The lowest BCUT2D eigenvalue weighted by Gasteiger charge is -2.04. The Hall–Kier alpha value is -0.890. The third kappa shape index (κ3) is 2.31. The van der Waals surface area contributed by atoms with Gasteiger partial charge in [0.2, 0.25) is 0 Å². The second kappa shape index (κ2) is 4.21. The van der Waals surface area contributed by atoms with Crippen molar-refractivity contribution in [2.45, 2.75) is 26.3 Å². The fourth-order valence-electron chi connectivity index (χ4n) is 1.09. The zero-order valence-corrected chi connectivity index (χ0v) is 7.96. The minimum atomic E-state index is 0.522. The van der Waals surface area contributed by atoms with Gasteiger partial charge in [0.25, 0.3) is 0 Å². The summed E-state index contributed by atoms with van der Waals surface area (Å²) in [6, 6.07) is 4.22. The van der Waals surface area contributed by atoms with Crippen LogP contribution in [0.1, 0.15) is 31.0 Å². The predicted molar refractivity (Wildman–Crippen MR) is 51.1 cm³/mol. The molecule has 1 heterocycles. The normalized spacial score (nSPS) is 10.7. The van der Waals surface area contributed by atoms with E-state index in [2.05, 4.69) is 36.3 Å². The third-order valence-electron chi connectivity index (χ3n) is 1.82. The van der Waals surface area contributed by atoms with E-state index in [0.29, 0.717) is 5.92 Å². The van der Waals surface area contributed by atoms with E-state index in [4.69, 9.17) is 0 Å². The van der Waals surface area contributed by atoms with E-state index in [1.165, 1.54) is 5.56 Å². The lowest BCUT2D eigenvalue weighted by atomic mass is 10.1. The molecule has 1 aromatic rings. The molecule has 0 atom stereocenters. The Morgan fingerprint density at radius 3 is 2.58 bits per heavy atom. The fourth-order valence-corrected chi connectivity index (χ4v) is 1.09.